The number of pyridine rings is 1. The zero-order valence-electron chi connectivity index (χ0n) is 16.6. The van der Waals surface area contributed by atoms with Crippen molar-refractivity contribution in [1.82, 2.24) is 10.3 Å². The van der Waals surface area contributed by atoms with Gasteiger partial charge in [-0.1, -0.05) is 42.5 Å². The monoisotopic (exact) mass is 403 g/mol. The van der Waals surface area contributed by atoms with Gasteiger partial charge in [0.1, 0.15) is 0 Å². The van der Waals surface area contributed by atoms with Crippen LogP contribution >= 0.6 is 11.8 Å². The predicted octanol–water partition coefficient (Wildman–Crippen LogP) is 4.54. The quantitative estimate of drug-likeness (QED) is 0.679. The highest BCUT2D eigenvalue weighted by Crippen LogP contribution is 2.21. The minimum Gasteiger partial charge on any atom is -0.370 e. The second-order valence-electron chi connectivity index (χ2n) is 7.14. The molecule has 1 aliphatic heterocycles. The third-order valence-corrected chi connectivity index (χ3v) is 6.11. The maximum Gasteiger partial charge on any atom is 0.253 e. The van der Waals surface area contributed by atoms with E-state index < -0.39 is 0 Å². The fourth-order valence-corrected chi connectivity index (χ4v) is 4.40. The highest BCUT2D eigenvalue weighted by atomic mass is 32.2. The van der Waals surface area contributed by atoms with Crippen molar-refractivity contribution in [3.63, 3.8) is 0 Å². The molecule has 1 N–H and O–H groups in total. The van der Waals surface area contributed by atoms with Crippen LogP contribution in [0.2, 0.25) is 0 Å². The number of thioether (sulfide) groups is 1. The number of rotatable bonds is 5. The fraction of sp³-hybridized carbons (Fsp3) is 0.250. The summed E-state index contributed by atoms with van der Waals surface area (Å²) < 4.78 is 0. The number of anilines is 1. The molecule has 4 nitrogen and oxygen atoms in total. The third-order valence-electron chi connectivity index (χ3n) is 5.17. The molecule has 0 radical (unpaired) electrons. The Hall–Kier alpha value is -2.79. The number of benzene rings is 2. The summed E-state index contributed by atoms with van der Waals surface area (Å²) in [6, 6.07) is 22.3. The van der Waals surface area contributed by atoms with Crippen molar-refractivity contribution in [2.24, 2.45) is 0 Å². The van der Waals surface area contributed by atoms with Crippen molar-refractivity contribution in [2.75, 3.05) is 29.5 Å². The molecular formula is C24H25N3OS. The summed E-state index contributed by atoms with van der Waals surface area (Å²) >= 11 is 2.01. The average molecular weight is 404 g/mol. The molecule has 0 aliphatic carbocycles. The van der Waals surface area contributed by atoms with E-state index >= 15 is 0 Å². The smallest absolute Gasteiger partial charge is 0.253 e. The van der Waals surface area contributed by atoms with Gasteiger partial charge in [0.25, 0.3) is 5.91 Å². The van der Waals surface area contributed by atoms with Crippen molar-refractivity contribution in [3.05, 3.63) is 83.6 Å². The van der Waals surface area contributed by atoms with Gasteiger partial charge in [0, 0.05) is 42.4 Å². The first-order valence-electron chi connectivity index (χ1n) is 9.93. The van der Waals surface area contributed by atoms with Crippen LogP contribution in [0.1, 0.15) is 21.6 Å². The summed E-state index contributed by atoms with van der Waals surface area (Å²) in [6.07, 6.45) is 0. The van der Waals surface area contributed by atoms with E-state index in [0.29, 0.717) is 12.1 Å². The largest absolute Gasteiger partial charge is 0.370 e. The Labute approximate surface area is 176 Å². The van der Waals surface area contributed by atoms with Crippen LogP contribution in [0.15, 0.2) is 66.7 Å². The van der Waals surface area contributed by atoms with Gasteiger partial charge in [-0.05, 0) is 36.8 Å². The maximum atomic E-state index is 12.6. The number of nitrogens with zero attached hydrogens (tertiary/aromatic N) is 2. The number of amides is 1. The first-order chi connectivity index (χ1) is 14.2. The molecule has 0 atom stereocenters. The molecule has 0 spiro atoms. The van der Waals surface area contributed by atoms with Gasteiger partial charge < -0.3 is 10.2 Å². The van der Waals surface area contributed by atoms with Gasteiger partial charge >= 0.3 is 0 Å². The Balaban J connectivity index is 1.38. The van der Waals surface area contributed by atoms with E-state index in [1.54, 1.807) is 0 Å². The van der Waals surface area contributed by atoms with Gasteiger partial charge in [0.2, 0.25) is 0 Å². The van der Waals surface area contributed by atoms with Gasteiger partial charge in [-0.3, -0.25) is 9.78 Å². The Kier molecular flexibility index (Phi) is 6.15. The highest BCUT2D eigenvalue weighted by Gasteiger charge is 2.13. The molecule has 1 amide bonds. The lowest BCUT2D eigenvalue weighted by Crippen LogP contribution is -2.32. The summed E-state index contributed by atoms with van der Waals surface area (Å²) in [7, 11) is 0. The standard InChI is InChI=1S/C24H25N3OS/c1-18-22(11-12-23(26-18)20-5-3-2-4-6-20)24(28)25-17-19-7-9-21(10-8-19)27-13-15-29-16-14-27/h2-12H,13-17H2,1H3,(H,25,28). The van der Waals surface area contributed by atoms with Crippen LogP contribution in [0.25, 0.3) is 11.3 Å². The van der Waals surface area contributed by atoms with Crippen molar-refractivity contribution in [1.29, 1.82) is 0 Å². The van der Waals surface area contributed by atoms with E-state index in [1.165, 1.54) is 17.2 Å². The Morgan fingerprint density at radius 3 is 2.41 bits per heavy atom. The molecule has 29 heavy (non-hydrogen) atoms. The second-order valence-corrected chi connectivity index (χ2v) is 8.37. The summed E-state index contributed by atoms with van der Waals surface area (Å²) in [5.74, 6) is 2.29. The molecule has 5 heteroatoms. The predicted molar refractivity (Wildman–Crippen MR) is 122 cm³/mol. The zero-order valence-corrected chi connectivity index (χ0v) is 17.4. The Morgan fingerprint density at radius 1 is 1.00 bits per heavy atom. The van der Waals surface area contributed by atoms with Gasteiger partial charge in [-0.2, -0.15) is 11.8 Å². The minimum absolute atomic E-state index is 0.0910. The molecule has 2 aromatic carbocycles. The normalized spacial score (nSPS) is 13.9. The van der Waals surface area contributed by atoms with Crippen LogP contribution in [-0.2, 0) is 6.54 Å². The van der Waals surface area contributed by atoms with Gasteiger partial charge in [-0.15, -0.1) is 0 Å². The maximum absolute atomic E-state index is 12.6. The second kappa shape index (κ2) is 9.14. The lowest BCUT2D eigenvalue weighted by molar-refractivity contribution is 0.0950. The van der Waals surface area contributed by atoms with Crippen LogP contribution in [0.5, 0.6) is 0 Å². The van der Waals surface area contributed by atoms with Crippen LogP contribution < -0.4 is 10.2 Å². The van der Waals surface area contributed by atoms with E-state index in [2.05, 4.69) is 39.5 Å². The molecule has 1 saturated heterocycles. The Bertz CT molecular complexity index is 967. The molecule has 0 bridgehead atoms. The van der Waals surface area contributed by atoms with E-state index in [1.807, 2.05) is 61.2 Å². The van der Waals surface area contributed by atoms with Crippen LogP contribution in [0.4, 0.5) is 5.69 Å². The number of carbonyl (C=O) groups excluding carboxylic acids is 1. The fourth-order valence-electron chi connectivity index (χ4n) is 3.49. The number of aromatic nitrogens is 1. The van der Waals surface area contributed by atoms with Crippen molar-refractivity contribution < 1.29 is 4.79 Å². The summed E-state index contributed by atoms with van der Waals surface area (Å²) in [5.41, 5.74) is 5.65. The SMILES string of the molecule is Cc1nc(-c2ccccc2)ccc1C(=O)NCc1ccc(N2CCSCC2)cc1. The summed E-state index contributed by atoms with van der Waals surface area (Å²) in [4.78, 5) is 19.7. The van der Waals surface area contributed by atoms with Crippen LogP contribution in [-0.4, -0.2) is 35.5 Å². The van der Waals surface area contributed by atoms with Crippen molar-refractivity contribution in [3.8, 4) is 11.3 Å². The molecule has 1 aromatic heterocycles. The first-order valence-corrected chi connectivity index (χ1v) is 11.1. The van der Waals surface area contributed by atoms with Crippen molar-refractivity contribution >= 4 is 23.4 Å². The van der Waals surface area contributed by atoms with E-state index in [9.17, 15) is 4.79 Å². The number of nitrogens with one attached hydrogen (secondary N) is 1. The zero-order chi connectivity index (χ0) is 20.1. The third kappa shape index (κ3) is 4.80. The lowest BCUT2D eigenvalue weighted by atomic mass is 10.1. The molecule has 2 heterocycles. The van der Waals surface area contributed by atoms with E-state index in [4.69, 9.17) is 0 Å². The average Bonchev–Trinajstić information content (AvgIpc) is 2.79. The van der Waals surface area contributed by atoms with Crippen molar-refractivity contribution in [2.45, 2.75) is 13.5 Å². The molecular weight excluding hydrogens is 378 g/mol. The molecule has 0 saturated carbocycles. The van der Waals surface area contributed by atoms with E-state index in [0.717, 1.165) is 35.6 Å². The minimum atomic E-state index is -0.0910. The highest BCUT2D eigenvalue weighted by molar-refractivity contribution is 7.99. The lowest BCUT2D eigenvalue weighted by Gasteiger charge is -2.28. The first kappa shape index (κ1) is 19.5. The van der Waals surface area contributed by atoms with Gasteiger partial charge in [-0.25, -0.2) is 0 Å². The molecule has 0 unspecified atom stereocenters. The number of hydrogen-bond donors (Lipinski definition) is 1. The molecule has 4 rings (SSSR count). The van der Waals surface area contributed by atoms with E-state index in [-0.39, 0.29) is 5.91 Å². The van der Waals surface area contributed by atoms with Gasteiger partial charge in [0.05, 0.1) is 17.0 Å². The molecule has 3 aromatic rings. The summed E-state index contributed by atoms with van der Waals surface area (Å²) in [5, 5.41) is 3.02. The van der Waals surface area contributed by atoms with Crippen LogP contribution in [0.3, 0.4) is 0 Å². The number of hydrogen-bond acceptors (Lipinski definition) is 4. The Morgan fingerprint density at radius 2 is 1.72 bits per heavy atom. The number of carbonyl (C=O) groups is 1. The molecule has 1 fully saturated rings. The number of aryl methyl sites for hydroxylation is 1. The molecule has 148 valence electrons. The topological polar surface area (TPSA) is 45.2 Å². The van der Waals surface area contributed by atoms with Crippen LogP contribution in [0, 0.1) is 6.92 Å². The molecule has 1 aliphatic rings. The van der Waals surface area contributed by atoms with Gasteiger partial charge in [0.15, 0.2) is 0 Å². The summed E-state index contributed by atoms with van der Waals surface area (Å²) in [6.45, 7) is 4.60.